The van der Waals surface area contributed by atoms with Crippen molar-refractivity contribution in [2.45, 2.75) is 45.4 Å². The minimum absolute atomic E-state index is 0.0606. The highest BCUT2D eigenvalue weighted by atomic mass is 16.5. The topological polar surface area (TPSA) is 61.9 Å². The van der Waals surface area contributed by atoms with Gasteiger partial charge in [-0.3, -0.25) is 14.5 Å². The van der Waals surface area contributed by atoms with E-state index in [0.29, 0.717) is 19.5 Å². The maximum absolute atomic E-state index is 12.7. The molecule has 1 atom stereocenters. The Bertz CT molecular complexity index is 674. The summed E-state index contributed by atoms with van der Waals surface area (Å²) in [6, 6.07) is 7.60. The third-order valence-electron chi connectivity index (χ3n) is 5.19. The molecule has 142 valence electrons. The van der Waals surface area contributed by atoms with Gasteiger partial charge in [-0.15, -0.1) is 0 Å². The van der Waals surface area contributed by atoms with Crippen LogP contribution < -0.4 is 5.32 Å². The van der Waals surface area contributed by atoms with Crippen LogP contribution in [0.15, 0.2) is 24.3 Å². The molecule has 2 aliphatic rings. The van der Waals surface area contributed by atoms with Crippen molar-refractivity contribution in [1.82, 2.24) is 15.1 Å². The average Bonchev–Trinajstić information content (AvgIpc) is 2.59. The molecule has 0 aromatic heterocycles. The molecule has 1 aromatic carbocycles. The van der Waals surface area contributed by atoms with Gasteiger partial charge in [0.15, 0.2) is 0 Å². The Balaban J connectivity index is 1.57. The maximum Gasteiger partial charge on any atom is 0.243 e. The summed E-state index contributed by atoms with van der Waals surface area (Å²) in [5.41, 5.74) is 2.14. The van der Waals surface area contributed by atoms with Crippen LogP contribution in [0.4, 0.5) is 0 Å². The lowest BCUT2D eigenvalue weighted by atomic mass is 9.93. The first-order chi connectivity index (χ1) is 12.4. The predicted molar refractivity (Wildman–Crippen MR) is 99.6 cm³/mol. The molecule has 2 aliphatic heterocycles. The van der Waals surface area contributed by atoms with Crippen LogP contribution in [0.25, 0.3) is 0 Å². The second-order valence-electron chi connectivity index (χ2n) is 7.81. The molecular formula is C20H29N3O3. The summed E-state index contributed by atoms with van der Waals surface area (Å²) >= 11 is 0. The summed E-state index contributed by atoms with van der Waals surface area (Å²) in [5.74, 6) is -0.128. The number of amides is 2. The highest BCUT2D eigenvalue weighted by Gasteiger charge is 2.33. The fraction of sp³-hybridized carbons (Fsp3) is 0.600. The van der Waals surface area contributed by atoms with Crippen molar-refractivity contribution in [1.29, 1.82) is 0 Å². The normalized spacial score (nSPS) is 22.6. The van der Waals surface area contributed by atoms with Crippen molar-refractivity contribution in [3.05, 3.63) is 35.4 Å². The van der Waals surface area contributed by atoms with Gasteiger partial charge in [0.05, 0.1) is 12.2 Å². The zero-order valence-electron chi connectivity index (χ0n) is 16.0. The number of carbonyl (C=O) groups excluding carboxylic acids is 2. The molecule has 0 aliphatic carbocycles. The number of fused-ring (bicyclic) bond motifs is 1. The molecule has 2 heterocycles. The number of hydrogen-bond donors (Lipinski definition) is 1. The number of rotatable bonds is 4. The lowest BCUT2D eigenvalue weighted by Gasteiger charge is -2.38. The average molecular weight is 359 g/mol. The SMILES string of the molecule is CC(=O)N1Cc2ccccc2CC1C(=O)NCCN1CCOC(C)(C)C1. The van der Waals surface area contributed by atoms with Crippen LogP contribution in [0.5, 0.6) is 0 Å². The Hall–Kier alpha value is -1.92. The number of morpholine rings is 1. The van der Waals surface area contributed by atoms with E-state index in [1.807, 2.05) is 24.3 Å². The Morgan fingerprint density at radius 1 is 1.27 bits per heavy atom. The van der Waals surface area contributed by atoms with Crippen LogP contribution in [0.3, 0.4) is 0 Å². The molecule has 1 fully saturated rings. The first kappa shape index (κ1) is 18.9. The zero-order valence-corrected chi connectivity index (χ0v) is 16.0. The van der Waals surface area contributed by atoms with E-state index in [1.54, 1.807) is 4.90 Å². The van der Waals surface area contributed by atoms with Gasteiger partial charge in [-0.05, 0) is 25.0 Å². The Morgan fingerprint density at radius 3 is 2.69 bits per heavy atom. The number of ether oxygens (including phenoxy) is 1. The first-order valence-electron chi connectivity index (χ1n) is 9.34. The van der Waals surface area contributed by atoms with Gasteiger partial charge in [0.25, 0.3) is 0 Å². The van der Waals surface area contributed by atoms with Crippen LogP contribution >= 0.6 is 0 Å². The molecular weight excluding hydrogens is 330 g/mol. The number of carbonyl (C=O) groups is 2. The minimum atomic E-state index is -0.427. The van der Waals surface area contributed by atoms with Crippen LogP contribution in [0.2, 0.25) is 0 Å². The maximum atomic E-state index is 12.7. The van der Waals surface area contributed by atoms with E-state index in [9.17, 15) is 9.59 Å². The van der Waals surface area contributed by atoms with Gasteiger partial charge in [0.2, 0.25) is 11.8 Å². The largest absolute Gasteiger partial charge is 0.373 e. The van der Waals surface area contributed by atoms with Crippen LogP contribution in [-0.2, 0) is 27.3 Å². The molecule has 26 heavy (non-hydrogen) atoms. The highest BCUT2D eigenvalue weighted by molar-refractivity contribution is 5.87. The summed E-state index contributed by atoms with van der Waals surface area (Å²) in [5, 5.41) is 3.03. The van der Waals surface area contributed by atoms with E-state index in [-0.39, 0.29) is 17.4 Å². The van der Waals surface area contributed by atoms with Crippen molar-refractivity contribution in [3.63, 3.8) is 0 Å². The molecule has 1 unspecified atom stereocenters. The predicted octanol–water partition coefficient (Wildman–Crippen LogP) is 1.19. The molecule has 3 rings (SSSR count). The van der Waals surface area contributed by atoms with Gasteiger partial charge in [-0.1, -0.05) is 24.3 Å². The molecule has 1 aromatic rings. The standard InChI is InChI=1S/C20H29N3O3/c1-15(24)23-13-17-7-5-4-6-16(17)12-18(23)19(25)21-8-9-22-10-11-26-20(2,3)14-22/h4-7,18H,8-14H2,1-3H3,(H,21,25). The summed E-state index contributed by atoms with van der Waals surface area (Å²) in [7, 11) is 0. The zero-order chi connectivity index (χ0) is 18.7. The molecule has 2 amide bonds. The lowest BCUT2D eigenvalue weighted by molar-refractivity contribution is -0.140. The van der Waals surface area contributed by atoms with E-state index < -0.39 is 6.04 Å². The molecule has 0 spiro atoms. The lowest BCUT2D eigenvalue weighted by Crippen LogP contribution is -2.54. The van der Waals surface area contributed by atoms with E-state index in [2.05, 4.69) is 24.1 Å². The smallest absolute Gasteiger partial charge is 0.243 e. The van der Waals surface area contributed by atoms with Crippen LogP contribution in [-0.4, -0.2) is 66.0 Å². The van der Waals surface area contributed by atoms with Crippen molar-refractivity contribution in [3.8, 4) is 0 Å². The van der Waals surface area contributed by atoms with Gasteiger partial charge in [-0.25, -0.2) is 0 Å². The summed E-state index contributed by atoms with van der Waals surface area (Å²) in [6.07, 6.45) is 0.576. The minimum Gasteiger partial charge on any atom is -0.373 e. The Morgan fingerprint density at radius 2 is 2.00 bits per heavy atom. The van der Waals surface area contributed by atoms with Crippen LogP contribution in [0, 0.1) is 0 Å². The number of nitrogens with one attached hydrogen (secondary N) is 1. The fourth-order valence-electron chi connectivity index (χ4n) is 3.85. The molecule has 6 heteroatoms. The molecule has 0 radical (unpaired) electrons. The second-order valence-corrected chi connectivity index (χ2v) is 7.81. The van der Waals surface area contributed by atoms with E-state index >= 15 is 0 Å². The first-order valence-corrected chi connectivity index (χ1v) is 9.34. The van der Waals surface area contributed by atoms with Gasteiger partial charge in [0.1, 0.15) is 6.04 Å². The monoisotopic (exact) mass is 359 g/mol. The van der Waals surface area contributed by atoms with Crippen molar-refractivity contribution in [2.24, 2.45) is 0 Å². The summed E-state index contributed by atoms with van der Waals surface area (Å²) in [6.45, 7) is 10.0. The second kappa shape index (κ2) is 7.76. The van der Waals surface area contributed by atoms with Crippen molar-refractivity contribution in [2.75, 3.05) is 32.8 Å². The van der Waals surface area contributed by atoms with Gasteiger partial charge in [-0.2, -0.15) is 0 Å². The summed E-state index contributed by atoms with van der Waals surface area (Å²) in [4.78, 5) is 28.8. The quantitative estimate of drug-likeness (QED) is 0.877. The molecule has 0 saturated carbocycles. The van der Waals surface area contributed by atoms with Crippen molar-refractivity contribution >= 4 is 11.8 Å². The number of hydrogen-bond acceptors (Lipinski definition) is 4. The number of nitrogens with zero attached hydrogens (tertiary/aromatic N) is 2. The third kappa shape index (κ3) is 4.43. The summed E-state index contributed by atoms with van der Waals surface area (Å²) < 4.78 is 5.72. The van der Waals surface area contributed by atoms with E-state index in [4.69, 9.17) is 4.74 Å². The third-order valence-corrected chi connectivity index (χ3v) is 5.19. The van der Waals surface area contributed by atoms with E-state index in [0.717, 1.165) is 37.4 Å². The van der Waals surface area contributed by atoms with Crippen molar-refractivity contribution < 1.29 is 14.3 Å². The van der Waals surface area contributed by atoms with Gasteiger partial charge < -0.3 is 15.0 Å². The molecule has 0 bridgehead atoms. The molecule has 6 nitrogen and oxygen atoms in total. The molecule has 1 N–H and O–H groups in total. The van der Waals surface area contributed by atoms with Crippen LogP contribution in [0.1, 0.15) is 31.9 Å². The fourth-order valence-corrected chi connectivity index (χ4v) is 3.85. The highest BCUT2D eigenvalue weighted by Crippen LogP contribution is 2.23. The number of benzene rings is 1. The Kier molecular flexibility index (Phi) is 5.63. The van der Waals surface area contributed by atoms with E-state index in [1.165, 1.54) is 6.92 Å². The van der Waals surface area contributed by atoms with Gasteiger partial charge in [0, 0.05) is 46.1 Å². The van der Waals surface area contributed by atoms with Gasteiger partial charge >= 0.3 is 0 Å². The Labute approximate surface area is 155 Å². The molecule has 1 saturated heterocycles.